The summed E-state index contributed by atoms with van der Waals surface area (Å²) in [6.07, 6.45) is 8.85. The summed E-state index contributed by atoms with van der Waals surface area (Å²) >= 11 is 0. The summed E-state index contributed by atoms with van der Waals surface area (Å²) in [5, 5.41) is 18.4. The van der Waals surface area contributed by atoms with Crippen LogP contribution in [0.5, 0.6) is 0 Å². The highest BCUT2D eigenvalue weighted by molar-refractivity contribution is 4.84. The molecule has 0 saturated heterocycles. The maximum absolute atomic E-state index is 11.2. The summed E-state index contributed by atoms with van der Waals surface area (Å²) in [6.45, 7) is 0. The molecule has 0 atom stereocenters. The van der Waals surface area contributed by atoms with E-state index in [-0.39, 0.29) is 6.10 Å². The minimum atomic E-state index is -0.280. The van der Waals surface area contributed by atoms with Crippen LogP contribution >= 0.6 is 0 Å². The summed E-state index contributed by atoms with van der Waals surface area (Å²) in [5.41, 5.74) is 0. The molecule has 0 heterocycles. The van der Waals surface area contributed by atoms with Gasteiger partial charge in [0.25, 0.3) is 0 Å². The molecule has 2 aliphatic rings. The fourth-order valence-electron chi connectivity index (χ4n) is 3.11. The average molecular weight is 225 g/mol. The largest absolute Gasteiger partial charge is 0.852 e. The van der Waals surface area contributed by atoms with Gasteiger partial charge in [0.1, 0.15) is 0 Å². The maximum atomic E-state index is 11.2. The van der Waals surface area contributed by atoms with Crippen molar-refractivity contribution in [1.29, 1.82) is 0 Å². The standard InChI is InChI=1S/C13H25N2O/c1-14-10-2-4-11(5-3-10)15-12-6-8-13(16)9-7-12/h10-15H,2-9H2,1H3/q-1. The fourth-order valence-corrected chi connectivity index (χ4v) is 3.11. The van der Waals surface area contributed by atoms with Crippen LogP contribution in [0.3, 0.4) is 0 Å². The summed E-state index contributed by atoms with van der Waals surface area (Å²) < 4.78 is 0. The Morgan fingerprint density at radius 3 is 1.69 bits per heavy atom. The van der Waals surface area contributed by atoms with Gasteiger partial charge < -0.3 is 15.7 Å². The van der Waals surface area contributed by atoms with Crippen molar-refractivity contribution in [1.82, 2.24) is 10.6 Å². The van der Waals surface area contributed by atoms with Crippen molar-refractivity contribution in [2.45, 2.75) is 75.6 Å². The highest BCUT2D eigenvalue weighted by Gasteiger charge is 2.23. The molecule has 94 valence electrons. The monoisotopic (exact) mass is 225 g/mol. The van der Waals surface area contributed by atoms with E-state index in [0.29, 0.717) is 12.1 Å². The average Bonchev–Trinajstić information content (AvgIpc) is 2.33. The molecule has 0 bridgehead atoms. The molecule has 0 unspecified atom stereocenters. The van der Waals surface area contributed by atoms with Crippen molar-refractivity contribution in [2.75, 3.05) is 7.05 Å². The molecule has 0 radical (unpaired) electrons. The molecule has 2 fully saturated rings. The Morgan fingerprint density at radius 1 is 0.750 bits per heavy atom. The molecule has 3 nitrogen and oxygen atoms in total. The van der Waals surface area contributed by atoms with Crippen LogP contribution in [0.25, 0.3) is 0 Å². The predicted molar refractivity (Wildman–Crippen MR) is 64.3 cm³/mol. The van der Waals surface area contributed by atoms with Crippen molar-refractivity contribution in [3.8, 4) is 0 Å². The zero-order valence-corrected chi connectivity index (χ0v) is 10.4. The first-order valence-electron chi connectivity index (χ1n) is 6.87. The van der Waals surface area contributed by atoms with Gasteiger partial charge in [-0.1, -0.05) is 12.8 Å². The molecular weight excluding hydrogens is 200 g/mol. The van der Waals surface area contributed by atoms with Gasteiger partial charge in [-0.2, -0.15) is 0 Å². The lowest BCUT2D eigenvalue weighted by Crippen LogP contribution is -2.46. The second-order valence-electron chi connectivity index (χ2n) is 5.48. The second-order valence-corrected chi connectivity index (χ2v) is 5.48. The van der Waals surface area contributed by atoms with Crippen LogP contribution in [0.1, 0.15) is 51.4 Å². The lowest BCUT2D eigenvalue weighted by atomic mass is 9.88. The van der Waals surface area contributed by atoms with E-state index in [9.17, 15) is 5.11 Å². The summed E-state index contributed by atoms with van der Waals surface area (Å²) in [7, 11) is 2.06. The molecule has 2 aliphatic carbocycles. The number of nitrogens with one attached hydrogen (secondary N) is 2. The van der Waals surface area contributed by atoms with E-state index in [1.807, 2.05) is 0 Å². The predicted octanol–water partition coefficient (Wildman–Crippen LogP) is 0.778. The Kier molecular flexibility index (Phi) is 4.62. The van der Waals surface area contributed by atoms with Gasteiger partial charge in [0.15, 0.2) is 0 Å². The molecule has 0 aromatic rings. The molecule has 0 amide bonds. The first-order chi connectivity index (χ1) is 7.78. The molecule has 2 saturated carbocycles. The molecule has 0 spiro atoms. The lowest BCUT2D eigenvalue weighted by Gasteiger charge is -2.37. The highest BCUT2D eigenvalue weighted by atomic mass is 16.3. The van der Waals surface area contributed by atoms with E-state index in [1.54, 1.807) is 0 Å². The van der Waals surface area contributed by atoms with E-state index < -0.39 is 0 Å². The molecule has 2 N–H and O–H groups in total. The minimum absolute atomic E-state index is 0.280. The topological polar surface area (TPSA) is 47.1 Å². The fraction of sp³-hybridized carbons (Fsp3) is 1.00. The Morgan fingerprint density at radius 2 is 1.19 bits per heavy atom. The van der Waals surface area contributed by atoms with Gasteiger partial charge in [-0.3, -0.25) is 0 Å². The summed E-state index contributed by atoms with van der Waals surface area (Å²) in [4.78, 5) is 0. The van der Waals surface area contributed by atoms with Crippen molar-refractivity contribution in [3.63, 3.8) is 0 Å². The highest BCUT2D eigenvalue weighted by Crippen LogP contribution is 2.22. The van der Waals surface area contributed by atoms with Gasteiger partial charge in [0.2, 0.25) is 0 Å². The van der Waals surface area contributed by atoms with E-state index in [4.69, 9.17) is 0 Å². The molecule has 2 rings (SSSR count). The van der Waals surface area contributed by atoms with Crippen molar-refractivity contribution >= 4 is 0 Å². The van der Waals surface area contributed by atoms with Gasteiger partial charge in [0, 0.05) is 18.1 Å². The normalized spacial score (nSPS) is 40.9. The SMILES string of the molecule is CNC1CCC(NC2CCC([O-])CC2)CC1. The lowest BCUT2D eigenvalue weighted by molar-refractivity contribution is -0.425. The Labute approximate surface area is 99.0 Å². The van der Waals surface area contributed by atoms with Crippen LogP contribution in [0.2, 0.25) is 0 Å². The maximum Gasteiger partial charge on any atom is 0.00708 e. The summed E-state index contributed by atoms with van der Waals surface area (Å²) in [6, 6.07) is 2.06. The van der Waals surface area contributed by atoms with Crippen LogP contribution < -0.4 is 15.7 Å². The van der Waals surface area contributed by atoms with E-state index in [1.165, 1.54) is 25.7 Å². The van der Waals surface area contributed by atoms with Gasteiger partial charge in [0.05, 0.1) is 0 Å². The molecule has 3 heteroatoms. The van der Waals surface area contributed by atoms with Gasteiger partial charge in [-0.05, 0) is 45.6 Å². The Balaban J connectivity index is 1.66. The number of hydrogen-bond acceptors (Lipinski definition) is 3. The van der Waals surface area contributed by atoms with E-state index in [2.05, 4.69) is 17.7 Å². The zero-order chi connectivity index (χ0) is 11.4. The van der Waals surface area contributed by atoms with Crippen LogP contribution in [0.4, 0.5) is 0 Å². The Hall–Kier alpha value is -0.120. The molecule has 0 aromatic heterocycles. The van der Waals surface area contributed by atoms with E-state index in [0.717, 1.165) is 31.7 Å². The molecule has 0 aliphatic heterocycles. The molecular formula is C13H25N2O-. The number of hydrogen-bond donors (Lipinski definition) is 2. The quantitative estimate of drug-likeness (QED) is 0.746. The van der Waals surface area contributed by atoms with Crippen LogP contribution in [-0.4, -0.2) is 31.3 Å². The zero-order valence-electron chi connectivity index (χ0n) is 10.4. The molecule has 16 heavy (non-hydrogen) atoms. The van der Waals surface area contributed by atoms with Crippen molar-refractivity contribution in [2.24, 2.45) is 0 Å². The first-order valence-corrected chi connectivity index (χ1v) is 6.87. The van der Waals surface area contributed by atoms with Crippen LogP contribution in [0.15, 0.2) is 0 Å². The first kappa shape index (κ1) is 12.3. The second kappa shape index (κ2) is 5.99. The van der Waals surface area contributed by atoms with Crippen LogP contribution in [0, 0.1) is 0 Å². The van der Waals surface area contributed by atoms with Crippen LogP contribution in [-0.2, 0) is 0 Å². The van der Waals surface area contributed by atoms with Crippen molar-refractivity contribution in [3.05, 3.63) is 0 Å². The third-order valence-electron chi connectivity index (χ3n) is 4.28. The van der Waals surface area contributed by atoms with Gasteiger partial charge >= 0.3 is 0 Å². The molecule has 0 aromatic carbocycles. The van der Waals surface area contributed by atoms with E-state index >= 15 is 0 Å². The Bertz CT molecular complexity index is 194. The summed E-state index contributed by atoms with van der Waals surface area (Å²) in [5.74, 6) is 0. The van der Waals surface area contributed by atoms with Crippen molar-refractivity contribution < 1.29 is 5.11 Å². The number of rotatable bonds is 3. The minimum Gasteiger partial charge on any atom is -0.852 e. The third kappa shape index (κ3) is 3.44. The third-order valence-corrected chi connectivity index (χ3v) is 4.28. The smallest absolute Gasteiger partial charge is 0.00708 e. The van der Waals surface area contributed by atoms with Gasteiger partial charge in [-0.25, -0.2) is 0 Å². The van der Waals surface area contributed by atoms with Gasteiger partial charge in [-0.15, -0.1) is 6.10 Å².